The van der Waals surface area contributed by atoms with Crippen LogP contribution in [-0.4, -0.2) is 9.13 Å². The molecule has 0 amide bonds. The third-order valence-electron chi connectivity index (χ3n) is 5.78. The number of aryl methyl sites for hydroxylation is 2. The summed E-state index contributed by atoms with van der Waals surface area (Å²) in [6, 6.07) is 13.3. The first kappa shape index (κ1) is 14.6. The van der Waals surface area contributed by atoms with E-state index in [0.29, 0.717) is 0 Å². The van der Waals surface area contributed by atoms with Crippen LogP contribution in [0.4, 0.5) is 0 Å². The summed E-state index contributed by atoms with van der Waals surface area (Å²) in [6.07, 6.45) is 4.65. The highest BCUT2D eigenvalue weighted by Crippen LogP contribution is 2.37. The minimum absolute atomic E-state index is 0.727. The number of para-hydroxylation sites is 1. The molecule has 0 bridgehead atoms. The van der Waals surface area contributed by atoms with Crippen molar-refractivity contribution in [3.8, 4) is 0 Å². The van der Waals surface area contributed by atoms with E-state index in [2.05, 4.69) is 72.5 Å². The fourth-order valence-corrected chi connectivity index (χ4v) is 4.39. The molecule has 4 rings (SSSR count). The van der Waals surface area contributed by atoms with E-state index >= 15 is 0 Å². The van der Waals surface area contributed by atoms with Crippen molar-refractivity contribution >= 4 is 10.9 Å². The molecule has 2 nitrogen and oxygen atoms in total. The molecule has 3 aromatic rings. The van der Waals surface area contributed by atoms with E-state index in [1.54, 1.807) is 11.3 Å². The highest BCUT2D eigenvalue weighted by molar-refractivity contribution is 5.86. The molecular formula is C21H26N2. The molecule has 2 unspecified atom stereocenters. The summed E-state index contributed by atoms with van der Waals surface area (Å²) < 4.78 is 4.96. The smallest absolute Gasteiger partial charge is 0.0485 e. The number of nitrogens with zero attached hydrogens (tertiary/aromatic N) is 2. The molecule has 23 heavy (non-hydrogen) atoms. The molecule has 2 aromatic heterocycles. The van der Waals surface area contributed by atoms with Gasteiger partial charge in [0, 0.05) is 41.6 Å². The first-order valence-corrected chi connectivity index (χ1v) is 8.89. The van der Waals surface area contributed by atoms with Crippen molar-refractivity contribution in [2.45, 2.75) is 46.7 Å². The van der Waals surface area contributed by atoms with Crippen LogP contribution in [0.15, 0.2) is 42.6 Å². The standard InChI is InChI=1S/C21H26N2/c1-4-23-20-10-6-5-9-18(20)19-13-17(15(2)12-21(19)23)14-22-11-7-8-16(22)3/h5-11,15,17H,4,12-14H2,1-3H3. The maximum Gasteiger partial charge on any atom is 0.0485 e. The van der Waals surface area contributed by atoms with Crippen molar-refractivity contribution in [3.63, 3.8) is 0 Å². The van der Waals surface area contributed by atoms with Crippen LogP contribution in [0.25, 0.3) is 10.9 Å². The van der Waals surface area contributed by atoms with Crippen LogP contribution in [0, 0.1) is 18.8 Å². The fourth-order valence-electron chi connectivity index (χ4n) is 4.39. The van der Waals surface area contributed by atoms with Crippen LogP contribution in [0.3, 0.4) is 0 Å². The third-order valence-corrected chi connectivity index (χ3v) is 5.78. The lowest BCUT2D eigenvalue weighted by Crippen LogP contribution is -2.28. The molecule has 0 aliphatic heterocycles. The summed E-state index contributed by atoms with van der Waals surface area (Å²) in [4.78, 5) is 0. The topological polar surface area (TPSA) is 9.86 Å². The number of rotatable bonds is 3. The highest BCUT2D eigenvalue weighted by Gasteiger charge is 2.30. The molecule has 1 aromatic carbocycles. The molecule has 120 valence electrons. The van der Waals surface area contributed by atoms with E-state index in [4.69, 9.17) is 0 Å². The molecule has 2 atom stereocenters. The quantitative estimate of drug-likeness (QED) is 0.656. The molecule has 0 fully saturated rings. The molecule has 0 saturated heterocycles. The monoisotopic (exact) mass is 306 g/mol. The number of hydrogen-bond acceptors (Lipinski definition) is 0. The van der Waals surface area contributed by atoms with E-state index in [1.165, 1.54) is 29.4 Å². The number of fused-ring (bicyclic) bond motifs is 3. The second-order valence-electron chi connectivity index (χ2n) is 7.13. The van der Waals surface area contributed by atoms with Crippen LogP contribution in [0.2, 0.25) is 0 Å². The van der Waals surface area contributed by atoms with Gasteiger partial charge in [-0.3, -0.25) is 0 Å². The molecule has 0 radical (unpaired) electrons. The van der Waals surface area contributed by atoms with Crippen LogP contribution in [0.5, 0.6) is 0 Å². The largest absolute Gasteiger partial charge is 0.351 e. The van der Waals surface area contributed by atoms with Crippen LogP contribution >= 0.6 is 0 Å². The molecule has 1 aliphatic carbocycles. The SMILES string of the molecule is CCn1c2c(c3ccccc31)CC(Cn1cccc1C)C(C)C2. The van der Waals surface area contributed by atoms with Gasteiger partial charge in [0.05, 0.1) is 0 Å². The second kappa shape index (κ2) is 5.59. The first-order chi connectivity index (χ1) is 11.2. The predicted octanol–water partition coefficient (Wildman–Crippen LogP) is 4.82. The summed E-state index contributed by atoms with van der Waals surface area (Å²) in [5.74, 6) is 1.46. The summed E-state index contributed by atoms with van der Waals surface area (Å²) in [5, 5.41) is 1.48. The van der Waals surface area contributed by atoms with Gasteiger partial charge in [-0.05, 0) is 62.3 Å². The molecule has 0 spiro atoms. The van der Waals surface area contributed by atoms with E-state index in [0.717, 1.165) is 24.9 Å². The van der Waals surface area contributed by atoms with Gasteiger partial charge < -0.3 is 9.13 Å². The molecule has 0 N–H and O–H groups in total. The molecular weight excluding hydrogens is 280 g/mol. The van der Waals surface area contributed by atoms with Crippen molar-refractivity contribution in [1.82, 2.24) is 9.13 Å². The van der Waals surface area contributed by atoms with E-state index in [-0.39, 0.29) is 0 Å². The van der Waals surface area contributed by atoms with Crippen molar-refractivity contribution in [2.24, 2.45) is 11.8 Å². The van der Waals surface area contributed by atoms with Gasteiger partial charge in [-0.1, -0.05) is 25.1 Å². The Labute approximate surface area is 138 Å². The van der Waals surface area contributed by atoms with Gasteiger partial charge in [0.2, 0.25) is 0 Å². The van der Waals surface area contributed by atoms with E-state index in [9.17, 15) is 0 Å². The Balaban J connectivity index is 1.74. The van der Waals surface area contributed by atoms with Crippen molar-refractivity contribution in [2.75, 3.05) is 0 Å². The highest BCUT2D eigenvalue weighted by atomic mass is 15.0. The maximum absolute atomic E-state index is 2.54. The second-order valence-corrected chi connectivity index (χ2v) is 7.13. The fraction of sp³-hybridized carbons (Fsp3) is 0.429. The molecule has 1 aliphatic rings. The summed E-state index contributed by atoms with van der Waals surface area (Å²) >= 11 is 0. The number of aromatic nitrogens is 2. The van der Waals surface area contributed by atoms with Crippen LogP contribution in [-0.2, 0) is 25.9 Å². The first-order valence-electron chi connectivity index (χ1n) is 8.89. The van der Waals surface area contributed by atoms with Crippen LogP contribution < -0.4 is 0 Å². The maximum atomic E-state index is 2.54. The zero-order chi connectivity index (χ0) is 16.0. The Morgan fingerprint density at radius 2 is 1.91 bits per heavy atom. The van der Waals surface area contributed by atoms with Gasteiger partial charge >= 0.3 is 0 Å². The Kier molecular flexibility index (Phi) is 3.56. The van der Waals surface area contributed by atoms with Gasteiger partial charge in [-0.15, -0.1) is 0 Å². The summed E-state index contributed by atoms with van der Waals surface area (Å²) in [5.41, 5.74) is 5.99. The number of benzene rings is 1. The number of hydrogen-bond donors (Lipinski definition) is 0. The Hall–Kier alpha value is -1.96. The van der Waals surface area contributed by atoms with Crippen molar-refractivity contribution in [3.05, 3.63) is 59.5 Å². The van der Waals surface area contributed by atoms with E-state index < -0.39 is 0 Å². The van der Waals surface area contributed by atoms with Gasteiger partial charge in [0.1, 0.15) is 0 Å². The molecule has 2 heteroatoms. The van der Waals surface area contributed by atoms with E-state index in [1.807, 2.05) is 0 Å². The summed E-state index contributed by atoms with van der Waals surface area (Å²) in [6.45, 7) is 9.13. The van der Waals surface area contributed by atoms with Gasteiger partial charge in [-0.25, -0.2) is 0 Å². The lowest BCUT2D eigenvalue weighted by atomic mass is 9.78. The van der Waals surface area contributed by atoms with Gasteiger partial charge in [0.15, 0.2) is 0 Å². The Morgan fingerprint density at radius 1 is 1.09 bits per heavy atom. The molecule has 2 heterocycles. The average Bonchev–Trinajstić information content (AvgIpc) is 3.09. The van der Waals surface area contributed by atoms with Crippen LogP contribution in [0.1, 0.15) is 30.8 Å². The Morgan fingerprint density at radius 3 is 2.65 bits per heavy atom. The average molecular weight is 306 g/mol. The van der Waals surface area contributed by atoms with Crippen molar-refractivity contribution in [1.29, 1.82) is 0 Å². The van der Waals surface area contributed by atoms with Gasteiger partial charge in [0.25, 0.3) is 0 Å². The minimum atomic E-state index is 0.727. The predicted molar refractivity (Wildman–Crippen MR) is 96.8 cm³/mol. The lowest BCUT2D eigenvalue weighted by molar-refractivity contribution is 0.287. The summed E-state index contributed by atoms with van der Waals surface area (Å²) in [7, 11) is 0. The zero-order valence-electron chi connectivity index (χ0n) is 14.4. The lowest BCUT2D eigenvalue weighted by Gasteiger charge is -2.31. The van der Waals surface area contributed by atoms with Gasteiger partial charge in [-0.2, -0.15) is 0 Å². The Bertz CT molecular complexity index is 837. The van der Waals surface area contributed by atoms with Crippen molar-refractivity contribution < 1.29 is 0 Å². The minimum Gasteiger partial charge on any atom is -0.351 e. The zero-order valence-corrected chi connectivity index (χ0v) is 14.4. The normalized spacial score (nSPS) is 20.8. The molecule has 0 saturated carbocycles. The third kappa shape index (κ3) is 2.32.